The Labute approximate surface area is 91.4 Å². The summed E-state index contributed by atoms with van der Waals surface area (Å²) in [5.41, 5.74) is 2.59. The second-order valence-electron chi connectivity index (χ2n) is 3.32. The molecule has 0 bridgehead atoms. The van der Waals surface area contributed by atoms with E-state index in [0.29, 0.717) is 11.3 Å². The number of hydrogen-bond donors (Lipinski definition) is 2. The fourth-order valence-corrected chi connectivity index (χ4v) is 1.36. The SMILES string of the molecule is COc1cccc(C(CC(F)(F)F)NN)c1. The molecular formula is C10H13F3N2O. The minimum Gasteiger partial charge on any atom is -0.497 e. The van der Waals surface area contributed by atoms with E-state index in [0.717, 1.165) is 0 Å². The highest BCUT2D eigenvalue weighted by Crippen LogP contribution is 2.30. The first-order valence-electron chi connectivity index (χ1n) is 4.63. The third-order valence-electron chi connectivity index (χ3n) is 2.13. The van der Waals surface area contributed by atoms with Crippen LogP contribution in [0.3, 0.4) is 0 Å². The number of rotatable bonds is 4. The third kappa shape index (κ3) is 3.71. The van der Waals surface area contributed by atoms with Gasteiger partial charge >= 0.3 is 6.18 Å². The van der Waals surface area contributed by atoms with E-state index in [1.807, 2.05) is 0 Å². The molecule has 0 amide bonds. The van der Waals surface area contributed by atoms with Crippen molar-refractivity contribution < 1.29 is 17.9 Å². The van der Waals surface area contributed by atoms with Gasteiger partial charge in [-0.15, -0.1) is 0 Å². The quantitative estimate of drug-likeness (QED) is 0.620. The van der Waals surface area contributed by atoms with Crippen molar-refractivity contribution >= 4 is 0 Å². The minimum atomic E-state index is -4.26. The van der Waals surface area contributed by atoms with Gasteiger partial charge in [-0.1, -0.05) is 12.1 Å². The van der Waals surface area contributed by atoms with Crippen LogP contribution in [0.1, 0.15) is 18.0 Å². The molecule has 0 heterocycles. The van der Waals surface area contributed by atoms with Gasteiger partial charge in [-0.2, -0.15) is 13.2 Å². The summed E-state index contributed by atoms with van der Waals surface area (Å²) >= 11 is 0. The molecule has 0 aliphatic heterocycles. The van der Waals surface area contributed by atoms with E-state index in [1.54, 1.807) is 18.2 Å². The summed E-state index contributed by atoms with van der Waals surface area (Å²) in [6, 6.07) is 5.41. The van der Waals surface area contributed by atoms with Gasteiger partial charge in [0.15, 0.2) is 0 Å². The van der Waals surface area contributed by atoms with Gasteiger partial charge in [-0.05, 0) is 17.7 Å². The van der Waals surface area contributed by atoms with Gasteiger partial charge in [0.2, 0.25) is 0 Å². The lowest BCUT2D eigenvalue weighted by Crippen LogP contribution is -2.31. The zero-order chi connectivity index (χ0) is 12.2. The predicted octanol–water partition coefficient (Wildman–Crippen LogP) is 2.15. The fourth-order valence-electron chi connectivity index (χ4n) is 1.36. The summed E-state index contributed by atoms with van der Waals surface area (Å²) in [4.78, 5) is 0. The first-order valence-corrected chi connectivity index (χ1v) is 4.63. The number of nitrogens with one attached hydrogen (secondary N) is 1. The van der Waals surface area contributed by atoms with Gasteiger partial charge in [-0.25, -0.2) is 0 Å². The van der Waals surface area contributed by atoms with Crippen molar-refractivity contribution in [1.29, 1.82) is 0 Å². The average molecular weight is 234 g/mol. The van der Waals surface area contributed by atoms with Crippen LogP contribution in [0.5, 0.6) is 5.75 Å². The summed E-state index contributed by atoms with van der Waals surface area (Å²) in [7, 11) is 1.45. The molecule has 0 aliphatic carbocycles. The Balaban J connectivity index is 2.86. The molecule has 1 aromatic rings. The van der Waals surface area contributed by atoms with E-state index in [1.165, 1.54) is 13.2 Å². The van der Waals surface area contributed by atoms with E-state index in [9.17, 15) is 13.2 Å². The Bertz CT molecular complexity index is 341. The highest BCUT2D eigenvalue weighted by molar-refractivity contribution is 5.30. The van der Waals surface area contributed by atoms with Gasteiger partial charge < -0.3 is 4.74 Å². The molecule has 90 valence electrons. The Morgan fingerprint density at radius 3 is 2.62 bits per heavy atom. The van der Waals surface area contributed by atoms with Crippen LogP contribution < -0.4 is 16.0 Å². The van der Waals surface area contributed by atoms with E-state index < -0.39 is 18.6 Å². The number of nitrogens with two attached hydrogens (primary N) is 1. The second-order valence-corrected chi connectivity index (χ2v) is 3.32. The van der Waals surface area contributed by atoms with Gasteiger partial charge in [-0.3, -0.25) is 11.3 Å². The lowest BCUT2D eigenvalue weighted by molar-refractivity contribution is -0.140. The Hall–Kier alpha value is -1.27. The molecule has 0 aromatic heterocycles. The molecule has 1 unspecified atom stereocenters. The van der Waals surface area contributed by atoms with Gasteiger partial charge in [0.1, 0.15) is 5.75 Å². The van der Waals surface area contributed by atoms with Crippen LogP contribution in [0.2, 0.25) is 0 Å². The van der Waals surface area contributed by atoms with Crippen molar-refractivity contribution in [1.82, 2.24) is 5.43 Å². The number of halogens is 3. The van der Waals surface area contributed by atoms with Crippen molar-refractivity contribution in [2.45, 2.75) is 18.6 Å². The molecule has 0 saturated carbocycles. The third-order valence-corrected chi connectivity index (χ3v) is 2.13. The van der Waals surface area contributed by atoms with Crippen LogP contribution in [0.15, 0.2) is 24.3 Å². The summed E-state index contributed by atoms with van der Waals surface area (Å²) in [6.07, 6.45) is -5.28. The second kappa shape index (κ2) is 5.18. The molecule has 0 spiro atoms. The Morgan fingerprint density at radius 1 is 1.44 bits per heavy atom. The summed E-state index contributed by atoms with van der Waals surface area (Å²) < 4.78 is 41.6. The monoisotopic (exact) mass is 234 g/mol. The van der Waals surface area contributed by atoms with Gasteiger partial charge in [0.05, 0.1) is 19.6 Å². The van der Waals surface area contributed by atoms with Crippen molar-refractivity contribution in [3.05, 3.63) is 29.8 Å². The van der Waals surface area contributed by atoms with Crippen LogP contribution in [-0.4, -0.2) is 13.3 Å². The molecule has 6 heteroatoms. The first kappa shape index (κ1) is 12.8. The van der Waals surface area contributed by atoms with Crippen molar-refractivity contribution in [2.24, 2.45) is 5.84 Å². The number of methoxy groups -OCH3 is 1. The normalized spacial score (nSPS) is 13.6. The highest BCUT2D eigenvalue weighted by Gasteiger charge is 2.32. The Morgan fingerprint density at radius 2 is 2.12 bits per heavy atom. The summed E-state index contributed by atoms with van der Waals surface area (Å²) in [5.74, 6) is 5.61. The fraction of sp³-hybridized carbons (Fsp3) is 0.400. The molecule has 3 nitrogen and oxygen atoms in total. The van der Waals surface area contributed by atoms with E-state index in [4.69, 9.17) is 10.6 Å². The number of hydrazine groups is 1. The van der Waals surface area contributed by atoms with Crippen molar-refractivity contribution in [3.63, 3.8) is 0 Å². The lowest BCUT2D eigenvalue weighted by Gasteiger charge is -2.18. The molecule has 1 aromatic carbocycles. The predicted molar refractivity (Wildman–Crippen MR) is 53.7 cm³/mol. The molecule has 0 aliphatic rings. The van der Waals surface area contributed by atoms with Crippen LogP contribution in [0, 0.1) is 0 Å². The van der Waals surface area contributed by atoms with E-state index >= 15 is 0 Å². The summed E-state index contributed by atoms with van der Waals surface area (Å²) in [6.45, 7) is 0. The Kier molecular flexibility index (Phi) is 4.14. The molecule has 3 N–H and O–H groups in total. The van der Waals surface area contributed by atoms with E-state index in [-0.39, 0.29) is 0 Å². The molecule has 1 rings (SSSR count). The number of benzene rings is 1. The van der Waals surface area contributed by atoms with Crippen LogP contribution in [0.25, 0.3) is 0 Å². The summed E-state index contributed by atoms with van der Waals surface area (Å²) in [5, 5.41) is 0. The maximum absolute atomic E-state index is 12.2. The highest BCUT2D eigenvalue weighted by atomic mass is 19.4. The zero-order valence-corrected chi connectivity index (χ0v) is 8.71. The molecular weight excluding hydrogens is 221 g/mol. The zero-order valence-electron chi connectivity index (χ0n) is 8.71. The molecule has 1 atom stereocenters. The van der Waals surface area contributed by atoms with Crippen LogP contribution >= 0.6 is 0 Å². The average Bonchev–Trinajstić information content (AvgIpc) is 2.25. The first-order chi connectivity index (χ1) is 7.46. The van der Waals surface area contributed by atoms with Gasteiger partial charge in [0, 0.05) is 0 Å². The van der Waals surface area contributed by atoms with Crippen molar-refractivity contribution in [2.75, 3.05) is 7.11 Å². The van der Waals surface area contributed by atoms with Gasteiger partial charge in [0.25, 0.3) is 0 Å². The standard InChI is InChI=1S/C10H13F3N2O/c1-16-8-4-2-3-7(5-8)9(15-14)6-10(11,12)13/h2-5,9,15H,6,14H2,1H3. The number of hydrogen-bond acceptors (Lipinski definition) is 3. The van der Waals surface area contributed by atoms with E-state index in [2.05, 4.69) is 5.43 Å². The molecule has 16 heavy (non-hydrogen) atoms. The topological polar surface area (TPSA) is 47.3 Å². The molecule has 0 saturated heterocycles. The smallest absolute Gasteiger partial charge is 0.390 e. The van der Waals surface area contributed by atoms with Crippen LogP contribution in [0.4, 0.5) is 13.2 Å². The molecule has 0 fully saturated rings. The van der Waals surface area contributed by atoms with Crippen molar-refractivity contribution in [3.8, 4) is 5.75 Å². The number of ether oxygens (including phenoxy) is 1. The molecule has 0 radical (unpaired) electrons. The maximum atomic E-state index is 12.2. The number of alkyl halides is 3. The lowest BCUT2D eigenvalue weighted by atomic mass is 10.0. The van der Waals surface area contributed by atoms with Crippen LogP contribution in [-0.2, 0) is 0 Å². The largest absolute Gasteiger partial charge is 0.497 e. The maximum Gasteiger partial charge on any atom is 0.390 e. The minimum absolute atomic E-state index is 0.444.